The second-order valence-corrected chi connectivity index (χ2v) is 7.47. The average molecular weight is 354 g/mol. The van der Waals surface area contributed by atoms with Gasteiger partial charge in [0, 0.05) is 0 Å². The van der Waals surface area contributed by atoms with Crippen LogP contribution in [0, 0.1) is 0 Å². The summed E-state index contributed by atoms with van der Waals surface area (Å²) >= 11 is 3.56. The maximum Gasteiger partial charge on any atom is 0.352 e. The zero-order valence-corrected chi connectivity index (χ0v) is 14.0. The average Bonchev–Trinajstić information content (AvgIpc) is 2.56. The van der Waals surface area contributed by atoms with E-state index in [-0.39, 0.29) is 0 Å². The molecule has 0 aliphatic rings. The Hall–Kier alpha value is -1.84. The summed E-state index contributed by atoms with van der Waals surface area (Å²) in [5, 5.41) is 2.48. The summed E-state index contributed by atoms with van der Waals surface area (Å²) in [7, 11) is -1.30. The molecule has 0 aromatic heterocycles. The van der Waals surface area contributed by atoms with Crippen molar-refractivity contribution in [3.63, 3.8) is 0 Å². The van der Waals surface area contributed by atoms with Gasteiger partial charge in [0.1, 0.15) is 5.75 Å². The van der Waals surface area contributed by atoms with Crippen LogP contribution in [0.1, 0.15) is 0 Å². The van der Waals surface area contributed by atoms with Crippen molar-refractivity contribution in [1.29, 1.82) is 0 Å². The SMILES string of the molecule is Brc1ccccc1O[Si](c1ccccc1)c1ccccc1. The van der Waals surface area contributed by atoms with Crippen LogP contribution < -0.4 is 14.8 Å². The molecule has 103 valence electrons. The Morgan fingerprint density at radius 2 is 1.10 bits per heavy atom. The molecule has 1 radical (unpaired) electrons. The monoisotopic (exact) mass is 353 g/mol. The van der Waals surface area contributed by atoms with Crippen molar-refractivity contribution >= 4 is 35.3 Å². The fourth-order valence-electron chi connectivity index (χ4n) is 2.10. The number of para-hydroxylation sites is 1. The predicted molar refractivity (Wildman–Crippen MR) is 92.7 cm³/mol. The number of benzene rings is 3. The van der Waals surface area contributed by atoms with E-state index < -0.39 is 9.04 Å². The van der Waals surface area contributed by atoms with Gasteiger partial charge in [-0.25, -0.2) is 0 Å². The van der Waals surface area contributed by atoms with E-state index in [1.165, 1.54) is 10.4 Å². The van der Waals surface area contributed by atoms with Crippen LogP contribution in [-0.4, -0.2) is 9.04 Å². The minimum Gasteiger partial charge on any atom is -0.532 e. The number of hydrogen-bond acceptors (Lipinski definition) is 1. The van der Waals surface area contributed by atoms with E-state index in [1.54, 1.807) is 0 Å². The van der Waals surface area contributed by atoms with Crippen LogP contribution in [-0.2, 0) is 0 Å². The van der Waals surface area contributed by atoms with Gasteiger partial charge in [-0.2, -0.15) is 0 Å². The number of rotatable bonds is 4. The van der Waals surface area contributed by atoms with Gasteiger partial charge in [0.15, 0.2) is 0 Å². The summed E-state index contributed by atoms with van der Waals surface area (Å²) in [6.07, 6.45) is 0. The zero-order chi connectivity index (χ0) is 14.5. The van der Waals surface area contributed by atoms with Crippen LogP contribution in [0.25, 0.3) is 0 Å². The van der Waals surface area contributed by atoms with E-state index in [4.69, 9.17) is 4.43 Å². The first-order chi connectivity index (χ1) is 10.3. The maximum absolute atomic E-state index is 6.37. The van der Waals surface area contributed by atoms with E-state index in [0.29, 0.717) is 0 Å². The predicted octanol–water partition coefficient (Wildman–Crippen LogP) is 3.63. The third kappa shape index (κ3) is 3.43. The van der Waals surface area contributed by atoms with Crippen LogP contribution in [0.5, 0.6) is 5.75 Å². The molecule has 0 spiro atoms. The van der Waals surface area contributed by atoms with Crippen molar-refractivity contribution in [2.24, 2.45) is 0 Å². The highest BCUT2D eigenvalue weighted by Crippen LogP contribution is 2.24. The first-order valence-corrected chi connectivity index (χ1v) is 8.95. The van der Waals surface area contributed by atoms with Gasteiger partial charge in [0.05, 0.1) is 4.47 Å². The highest BCUT2D eigenvalue weighted by Gasteiger charge is 2.21. The molecule has 0 fully saturated rings. The number of hydrogen-bond donors (Lipinski definition) is 0. The third-order valence-electron chi connectivity index (χ3n) is 3.12. The zero-order valence-electron chi connectivity index (χ0n) is 11.4. The second kappa shape index (κ2) is 6.74. The standard InChI is InChI=1S/C18H14BrOSi/c19-17-13-7-8-14-18(17)20-21(15-9-3-1-4-10-15)16-11-5-2-6-12-16/h1-14H. The van der Waals surface area contributed by atoms with Gasteiger partial charge in [-0.3, -0.25) is 0 Å². The Labute approximate surface area is 135 Å². The van der Waals surface area contributed by atoms with Crippen LogP contribution in [0.3, 0.4) is 0 Å². The molecule has 0 bridgehead atoms. The summed E-state index contributed by atoms with van der Waals surface area (Å²) < 4.78 is 7.36. The van der Waals surface area contributed by atoms with Crippen molar-refractivity contribution in [3.05, 3.63) is 89.4 Å². The highest BCUT2D eigenvalue weighted by atomic mass is 79.9. The van der Waals surface area contributed by atoms with Crippen LogP contribution in [0.4, 0.5) is 0 Å². The lowest BCUT2D eigenvalue weighted by molar-refractivity contribution is 0.588. The van der Waals surface area contributed by atoms with E-state index in [0.717, 1.165) is 10.2 Å². The lowest BCUT2D eigenvalue weighted by Crippen LogP contribution is -2.47. The fourth-order valence-corrected chi connectivity index (χ4v) is 4.57. The number of halogens is 1. The van der Waals surface area contributed by atoms with Gasteiger partial charge >= 0.3 is 9.04 Å². The molecular weight excluding hydrogens is 340 g/mol. The Balaban J connectivity index is 1.99. The normalized spacial score (nSPS) is 10.6. The Bertz CT molecular complexity index is 661. The van der Waals surface area contributed by atoms with E-state index in [2.05, 4.69) is 64.5 Å². The smallest absolute Gasteiger partial charge is 0.352 e. The summed E-state index contributed by atoms with van der Waals surface area (Å²) in [6, 6.07) is 28.9. The van der Waals surface area contributed by atoms with Gasteiger partial charge in [-0.05, 0) is 38.4 Å². The van der Waals surface area contributed by atoms with Gasteiger partial charge in [-0.1, -0.05) is 72.8 Å². The van der Waals surface area contributed by atoms with Gasteiger partial charge in [0.2, 0.25) is 0 Å². The molecule has 0 amide bonds. The molecule has 21 heavy (non-hydrogen) atoms. The fraction of sp³-hybridized carbons (Fsp3) is 0. The highest BCUT2D eigenvalue weighted by molar-refractivity contribution is 9.10. The van der Waals surface area contributed by atoms with E-state index in [9.17, 15) is 0 Å². The molecule has 0 aliphatic heterocycles. The Kier molecular flexibility index (Phi) is 4.53. The first-order valence-electron chi connectivity index (χ1n) is 6.75. The minimum absolute atomic E-state index is 0.888. The molecule has 0 aliphatic carbocycles. The largest absolute Gasteiger partial charge is 0.532 e. The molecule has 3 aromatic rings. The molecule has 3 rings (SSSR count). The minimum atomic E-state index is -1.30. The topological polar surface area (TPSA) is 9.23 Å². The quantitative estimate of drug-likeness (QED) is 0.650. The van der Waals surface area contributed by atoms with Crippen LogP contribution >= 0.6 is 15.9 Å². The Morgan fingerprint density at radius 3 is 1.62 bits per heavy atom. The summed E-state index contributed by atoms with van der Waals surface area (Å²) in [4.78, 5) is 0. The van der Waals surface area contributed by atoms with Gasteiger partial charge in [0.25, 0.3) is 0 Å². The van der Waals surface area contributed by atoms with Gasteiger partial charge in [-0.15, -0.1) is 0 Å². The van der Waals surface area contributed by atoms with Crippen molar-refractivity contribution in [3.8, 4) is 5.75 Å². The van der Waals surface area contributed by atoms with Crippen molar-refractivity contribution < 1.29 is 4.43 Å². The summed E-state index contributed by atoms with van der Waals surface area (Å²) in [6.45, 7) is 0. The molecule has 1 nitrogen and oxygen atoms in total. The lowest BCUT2D eigenvalue weighted by atomic mass is 10.3. The molecule has 0 heterocycles. The van der Waals surface area contributed by atoms with E-state index >= 15 is 0 Å². The maximum atomic E-state index is 6.37. The lowest BCUT2D eigenvalue weighted by Gasteiger charge is -2.18. The van der Waals surface area contributed by atoms with Crippen molar-refractivity contribution in [2.75, 3.05) is 0 Å². The summed E-state index contributed by atoms with van der Waals surface area (Å²) in [5.41, 5.74) is 0. The Morgan fingerprint density at radius 1 is 0.619 bits per heavy atom. The third-order valence-corrected chi connectivity index (χ3v) is 5.92. The molecule has 3 heteroatoms. The van der Waals surface area contributed by atoms with Gasteiger partial charge < -0.3 is 4.43 Å². The molecule has 0 N–H and O–H groups in total. The first kappa shape index (κ1) is 14.1. The molecule has 0 atom stereocenters. The van der Waals surface area contributed by atoms with Crippen LogP contribution in [0.2, 0.25) is 0 Å². The molecule has 3 aromatic carbocycles. The van der Waals surface area contributed by atoms with Crippen LogP contribution in [0.15, 0.2) is 89.4 Å². The van der Waals surface area contributed by atoms with Crippen molar-refractivity contribution in [1.82, 2.24) is 0 Å². The second-order valence-electron chi connectivity index (χ2n) is 4.59. The summed E-state index contributed by atoms with van der Waals surface area (Å²) in [5.74, 6) is 0.888. The van der Waals surface area contributed by atoms with E-state index in [1.807, 2.05) is 36.4 Å². The molecular formula is C18H14BrOSi. The molecule has 0 unspecified atom stereocenters. The molecule has 0 saturated heterocycles. The molecule has 0 saturated carbocycles. The van der Waals surface area contributed by atoms with Crippen molar-refractivity contribution in [2.45, 2.75) is 0 Å².